The van der Waals surface area contributed by atoms with Crippen LogP contribution < -0.4 is 5.32 Å². The molecule has 0 saturated heterocycles. The average molecular weight is 363 g/mol. The van der Waals surface area contributed by atoms with Crippen LogP contribution in [0.5, 0.6) is 0 Å². The van der Waals surface area contributed by atoms with E-state index in [1.54, 1.807) is 17.4 Å². The van der Waals surface area contributed by atoms with E-state index in [1.165, 1.54) is 4.88 Å². The van der Waals surface area contributed by atoms with Crippen molar-refractivity contribution in [3.63, 3.8) is 0 Å². The quantitative estimate of drug-likeness (QED) is 0.555. The summed E-state index contributed by atoms with van der Waals surface area (Å²) in [5.41, 5.74) is 0.938. The molecule has 0 aliphatic carbocycles. The average Bonchev–Trinajstić information content (AvgIpc) is 2.93. The minimum atomic E-state index is 0.394. The predicted octanol–water partition coefficient (Wildman–Crippen LogP) is 6.83. The molecule has 0 spiro atoms. The van der Waals surface area contributed by atoms with E-state index in [9.17, 15) is 0 Å². The molecule has 2 aromatic rings. The standard InChI is InChI=1S/C16H18Cl3NS/c1-3-7-20-14(4-2)16-6-5-15(21-16)10-8-12(18)13(19)9-11(10)17/h5-6,8-9,14,20H,3-4,7H2,1-2H3. The summed E-state index contributed by atoms with van der Waals surface area (Å²) in [5, 5.41) is 5.21. The first-order chi connectivity index (χ1) is 10.1. The SMILES string of the molecule is CCCNC(CC)c1ccc(-c2cc(Cl)c(Cl)cc2Cl)s1. The molecule has 1 atom stereocenters. The number of halogens is 3. The molecule has 21 heavy (non-hydrogen) atoms. The molecule has 0 aliphatic heterocycles. The minimum Gasteiger partial charge on any atom is -0.309 e. The lowest BCUT2D eigenvalue weighted by atomic mass is 10.1. The Morgan fingerprint density at radius 3 is 2.43 bits per heavy atom. The van der Waals surface area contributed by atoms with Gasteiger partial charge in [0.1, 0.15) is 0 Å². The molecule has 0 amide bonds. The lowest BCUT2D eigenvalue weighted by molar-refractivity contribution is 0.525. The van der Waals surface area contributed by atoms with Crippen LogP contribution in [0.4, 0.5) is 0 Å². The number of hydrogen-bond donors (Lipinski definition) is 1. The molecule has 0 saturated carbocycles. The monoisotopic (exact) mass is 361 g/mol. The van der Waals surface area contributed by atoms with Crippen LogP contribution >= 0.6 is 46.1 Å². The summed E-state index contributed by atoms with van der Waals surface area (Å²) >= 11 is 20.1. The number of thiophene rings is 1. The van der Waals surface area contributed by atoms with Gasteiger partial charge in [0.05, 0.1) is 15.1 Å². The Kier molecular flexibility index (Phi) is 6.39. The fourth-order valence-electron chi connectivity index (χ4n) is 2.16. The molecule has 1 aromatic carbocycles. The van der Waals surface area contributed by atoms with Crippen molar-refractivity contribution < 1.29 is 0 Å². The first kappa shape index (κ1) is 17.1. The Bertz CT molecular complexity index is 610. The van der Waals surface area contributed by atoms with E-state index in [0.717, 1.165) is 29.8 Å². The molecule has 0 fully saturated rings. The van der Waals surface area contributed by atoms with Gasteiger partial charge >= 0.3 is 0 Å². The first-order valence-corrected chi connectivity index (χ1v) is 8.99. The van der Waals surface area contributed by atoms with Gasteiger partial charge in [-0.3, -0.25) is 0 Å². The molecule has 5 heteroatoms. The fourth-order valence-corrected chi connectivity index (χ4v) is 4.06. The molecule has 1 N–H and O–H groups in total. The molecule has 1 nitrogen and oxygen atoms in total. The summed E-state index contributed by atoms with van der Waals surface area (Å²) in [6, 6.07) is 8.19. The van der Waals surface area contributed by atoms with E-state index >= 15 is 0 Å². The Labute approximate surface area is 145 Å². The molecule has 1 heterocycles. The van der Waals surface area contributed by atoms with Crippen molar-refractivity contribution in [3.8, 4) is 10.4 Å². The first-order valence-electron chi connectivity index (χ1n) is 7.04. The van der Waals surface area contributed by atoms with Gasteiger partial charge in [-0.15, -0.1) is 11.3 Å². The van der Waals surface area contributed by atoms with Gasteiger partial charge in [0, 0.05) is 21.4 Å². The van der Waals surface area contributed by atoms with Gasteiger partial charge in [-0.05, 0) is 43.7 Å². The molecule has 2 rings (SSSR count). The smallest absolute Gasteiger partial charge is 0.0607 e. The molecule has 0 aliphatic rings. The summed E-state index contributed by atoms with van der Waals surface area (Å²) in [6.45, 7) is 5.40. The van der Waals surface area contributed by atoms with Crippen LogP contribution in [-0.4, -0.2) is 6.54 Å². The van der Waals surface area contributed by atoms with Gasteiger partial charge in [0.25, 0.3) is 0 Å². The fraction of sp³-hybridized carbons (Fsp3) is 0.375. The largest absolute Gasteiger partial charge is 0.309 e. The number of benzene rings is 1. The van der Waals surface area contributed by atoms with Gasteiger partial charge in [0.2, 0.25) is 0 Å². The van der Waals surface area contributed by atoms with E-state index < -0.39 is 0 Å². The highest BCUT2D eigenvalue weighted by Gasteiger charge is 2.14. The Hall–Kier alpha value is -0.250. The van der Waals surface area contributed by atoms with Crippen molar-refractivity contribution in [2.75, 3.05) is 6.54 Å². The van der Waals surface area contributed by atoms with Gasteiger partial charge in [-0.2, -0.15) is 0 Å². The molecule has 1 unspecified atom stereocenters. The highest BCUT2D eigenvalue weighted by atomic mass is 35.5. The maximum absolute atomic E-state index is 6.29. The number of rotatable bonds is 6. The molecule has 0 bridgehead atoms. The molecule has 114 valence electrons. The van der Waals surface area contributed by atoms with Crippen molar-refractivity contribution in [2.45, 2.75) is 32.7 Å². The third-order valence-electron chi connectivity index (χ3n) is 3.29. The Balaban J connectivity index is 2.29. The zero-order valence-electron chi connectivity index (χ0n) is 12.1. The Morgan fingerprint density at radius 2 is 1.76 bits per heavy atom. The van der Waals surface area contributed by atoms with Crippen molar-refractivity contribution in [1.29, 1.82) is 0 Å². The molecular weight excluding hydrogens is 345 g/mol. The highest BCUT2D eigenvalue weighted by molar-refractivity contribution is 7.15. The third kappa shape index (κ3) is 4.14. The van der Waals surface area contributed by atoms with Crippen LogP contribution in [0.25, 0.3) is 10.4 Å². The number of hydrogen-bond acceptors (Lipinski definition) is 2. The maximum Gasteiger partial charge on any atom is 0.0607 e. The van der Waals surface area contributed by atoms with Crippen molar-refractivity contribution >= 4 is 46.1 Å². The van der Waals surface area contributed by atoms with Crippen LogP contribution in [0.2, 0.25) is 15.1 Å². The summed E-state index contributed by atoms with van der Waals surface area (Å²) < 4.78 is 0. The van der Waals surface area contributed by atoms with Crippen LogP contribution in [0.15, 0.2) is 24.3 Å². The second-order valence-electron chi connectivity index (χ2n) is 4.86. The summed E-state index contributed by atoms with van der Waals surface area (Å²) in [4.78, 5) is 2.44. The van der Waals surface area contributed by atoms with Gasteiger partial charge in [-0.1, -0.05) is 48.7 Å². The molecular formula is C16H18Cl3NS. The highest BCUT2D eigenvalue weighted by Crippen LogP contribution is 2.39. The van der Waals surface area contributed by atoms with Crippen molar-refractivity contribution in [2.24, 2.45) is 0 Å². The van der Waals surface area contributed by atoms with Gasteiger partial charge in [0.15, 0.2) is 0 Å². The van der Waals surface area contributed by atoms with E-state index in [-0.39, 0.29) is 0 Å². The molecule has 1 aromatic heterocycles. The van der Waals surface area contributed by atoms with E-state index in [1.807, 2.05) is 6.07 Å². The van der Waals surface area contributed by atoms with Crippen molar-refractivity contribution in [3.05, 3.63) is 44.2 Å². The van der Waals surface area contributed by atoms with E-state index in [2.05, 4.69) is 31.3 Å². The maximum atomic E-state index is 6.29. The van der Waals surface area contributed by atoms with Crippen LogP contribution in [0.3, 0.4) is 0 Å². The zero-order valence-corrected chi connectivity index (χ0v) is 15.1. The summed E-state index contributed by atoms with van der Waals surface area (Å²) in [7, 11) is 0. The van der Waals surface area contributed by atoms with Crippen molar-refractivity contribution in [1.82, 2.24) is 5.32 Å². The van der Waals surface area contributed by atoms with Gasteiger partial charge < -0.3 is 5.32 Å². The van der Waals surface area contributed by atoms with E-state index in [4.69, 9.17) is 34.8 Å². The second kappa shape index (κ2) is 7.85. The Morgan fingerprint density at radius 1 is 1.05 bits per heavy atom. The summed E-state index contributed by atoms with van der Waals surface area (Å²) in [6.07, 6.45) is 2.20. The third-order valence-corrected chi connectivity index (χ3v) is 5.56. The second-order valence-corrected chi connectivity index (χ2v) is 7.20. The van der Waals surface area contributed by atoms with Crippen LogP contribution in [0.1, 0.15) is 37.6 Å². The normalized spacial score (nSPS) is 12.6. The zero-order chi connectivity index (χ0) is 15.4. The lowest BCUT2D eigenvalue weighted by Crippen LogP contribution is -2.20. The summed E-state index contributed by atoms with van der Waals surface area (Å²) in [5.74, 6) is 0. The van der Waals surface area contributed by atoms with Crippen LogP contribution in [0, 0.1) is 0 Å². The van der Waals surface area contributed by atoms with E-state index in [0.29, 0.717) is 21.1 Å². The van der Waals surface area contributed by atoms with Gasteiger partial charge in [-0.25, -0.2) is 0 Å². The minimum absolute atomic E-state index is 0.394. The molecule has 0 radical (unpaired) electrons. The van der Waals surface area contributed by atoms with Crippen LogP contribution in [-0.2, 0) is 0 Å². The predicted molar refractivity (Wildman–Crippen MR) is 96.1 cm³/mol. The number of nitrogens with one attached hydrogen (secondary N) is 1. The lowest BCUT2D eigenvalue weighted by Gasteiger charge is -2.14. The topological polar surface area (TPSA) is 12.0 Å².